The van der Waals surface area contributed by atoms with Gasteiger partial charge in [-0.05, 0) is 30.2 Å². The first-order chi connectivity index (χ1) is 7.76. The normalized spacial score (nSPS) is 21.3. The van der Waals surface area contributed by atoms with Gasteiger partial charge in [-0.25, -0.2) is 0 Å². The maximum absolute atomic E-state index is 12.3. The Hall–Kier alpha value is -0.570. The van der Waals surface area contributed by atoms with Gasteiger partial charge in [0.05, 0.1) is 0 Å². The Bertz CT molecular complexity index is 270. The molecule has 0 unspecified atom stereocenters. The van der Waals surface area contributed by atoms with Crippen LogP contribution in [-0.4, -0.2) is 30.9 Å². The fourth-order valence-corrected chi connectivity index (χ4v) is 2.81. The summed E-state index contributed by atoms with van der Waals surface area (Å²) in [6, 6.07) is 0. The number of nitrogens with zero attached hydrogens (tertiary/aromatic N) is 1. The molecule has 0 radical (unpaired) electrons. The molecule has 3 nitrogen and oxygen atoms in total. The highest BCUT2D eigenvalue weighted by molar-refractivity contribution is 5.84. The molecule has 3 heteroatoms. The zero-order valence-corrected chi connectivity index (χ0v) is 12.0. The summed E-state index contributed by atoms with van der Waals surface area (Å²) in [4.78, 5) is 14.2. The molecule has 2 N–H and O–H groups in total. The molecule has 0 saturated heterocycles. The maximum Gasteiger partial charge on any atom is 0.226 e. The SMILES string of the molecule is CN(CCCCCN)C(=O)C1C(C)(C)C1(C)C. The first-order valence-corrected chi connectivity index (χ1v) is 6.72. The Balaban J connectivity index is 2.39. The highest BCUT2D eigenvalue weighted by Crippen LogP contribution is 2.68. The van der Waals surface area contributed by atoms with Gasteiger partial charge in [0.25, 0.3) is 0 Å². The van der Waals surface area contributed by atoms with E-state index in [9.17, 15) is 4.79 Å². The molecular formula is C14H28N2O. The quantitative estimate of drug-likeness (QED) is 0.724. The van der Waals surface area contributed by atoms with Gasteiger partial charge in [-0.1, -0.05) is 34.1 Å². The van der Waals surface area contributed by atoms with Gasteiger partial charge in [0.1, 0.15) is 0 Å². The Labute approximate surface area is 106 Å². The van der Waals surface area contributed by atoms with E-state index in [1.165, 1.54) is 0 Å². The minimum absolute atomic E-state index is 0.148. The largest absolute Gasteiger partial charge is 0.345 e. The van der Waals surface area contributed by atoms with Crippen LogP contribution in [0.1, 0.15) is 47.0 Å². The summed E-state index contributed by atoms with van der Waals surface area (Å²) in [5.74, 6) is 0.502. The third kappa shape index (κ3) is 2.65. The smallest absolute Gasteiger partial charge is 0.226 e. The topological polar surface area (TPSA) is 46.3 Å². The van der Waals surface area contributed by atoms with E-state index < -0.39 is 0 Å². The summed E-state index contributed by atoms with van der Waals surface area (Å²) >= 11 is 0. The van der Waals surface area contributed by atoms with Crippen molar-refractivity contribution in [1.82, 2.24) is 4.90 Å². The molecule has 1 amide bonds. The first kappa shape index (κ1) is 14.5. The van der Waals surface area contributed by atoms with Crippen molar-refractivity contribution in [2.75, 3.05) is 20.1 Å². The monoisotopic (exact) mass is 240 g/mol. The molecule has 17 heavy (non-hydrogen) atoms. The van der Waals surface area contributed by atoms with Gasteiger partial charge >= 0.3 is 0 Å². The lowest BCUT2D eigenvalue weighted by atomic mass is 10.0. The molecule has 0 aromatic rings. The molecule has 1 aliphatic rings. The van der Waals surface area contributed by atoms with Crippen LogP contribution in [0.4, 0.5) is 0 Å². The summed E-state index contributed by atoms with van der Waals surface area (Å²) in [5, 5.41) is 0. The van der Waals surface area contributed by atoms with E-state index in [1.807, 2.05) is 11.9 Å². The van der Waals surface area contributed by atoms with Gasteiger partial charge in [-0.15, -0.1) is 0 Å². The first-order valence-electron chi connectivity index (χ1n) is 6.72. The fraction of sp³-hybridized carbons (Fsp3) is 0.929. The zero-order valence-electron chi connectivity index (χ0n) is 12.0. The number of rotatable bonds is 6. The van der Waals surface area contributed by atoms with Gasteiger partial charge in [-0.3, -0.25) is 4.79 Å². The van der Waals surface area contributed by atoms with Gasteiger partial charge in [-0.2, -0.15) is 0 Å². The molecule has 1 fully saturated rings. The summed E-state index contributed by atoms with van der Waals surface area (Å²) in [5.41, 5.74) is 5.75. The molecule has 1 rings (SSSR count). The van der Waals surface area contributed by atoms with Crippen LogP contribution in [0.25, 0.3) is 0 Å². The van der Waals surface area contributed by atoms with Crippen molar-refractivity contribution >= 4 is 5.91 Å². The second kappa shape index (κ2) is 4.97. The predicted molar refractivity (Wildman–Crippen MR) is 71.6 cm³/mol. The third-order valence-corrected chi connectivity index (χ3v) is 4.84. The fourth-order valence-electron chi connectivity index (χ4n) is 2.81. The maximum atomic E-state index is 12.3. The third-order valence-electron chi connectivity index (χ3n) is 4.84. The lowest BCUT2D eigenvalue weighted by molar-refractivity contribution is -0.132. The molecule has 1 saturated carbocycles. The molecule has 0 atom stereocenters. The van der Waals surface area contributed by atoms with Crippen molar-refractivity contribution in [2.45, 2.75) is 47.0 Å². The number of amides is 1. The van der Waals surface area contributed by atoms with Crippen LogP contribution in [0.5, 0.6) is 0 Å². The number of unbranched alkanes of at least 4 members (excludes halogenated alkanes) is 2. The van der Waals surface area contributed by atoms with Crippen LogP contribution in [-0.2, 0) is 4.79 Å². The van der Waals surface area contributed by atoms with Crippen molar-refractivity contribution in [3.05, 3.63) is 0 Å². The minimum atomic E-state index is 0.148. The van der Waals surface area contributed by atoms with E-state index in [0.717, 1.165) is 32.4 Å². The van der Waals surface area contributed by atoms with E-state index in [4.69, 9.17) is 5.73 Å². The van der Waals surface area contributed by atoms with Gasteiger partial charge < -0.3 is 10.6 Å². The number of hydrogen-bond acceptors (Lipinski definition) is 2. The van der Waals surface area contributed by atoms with E-state index in [1.54, 1.807) is 0 Å². The number of carbonyl (C=O) groups excluding carboxylic acids is 1. The Morgan fingerprint density at radius 2 is 1.65 bits per heavy atom. The minimum Gasteiger partial charge on any atom is -0.345 e. The highest BCUT2D eigenvalue weighted by atomic mass is 16.2. The molecule has 0 aromatic heterocycles. The lowest BCUT2D eigenvalue weighted by Crippen LogP contribution is -2.31. The van der Waals surface area contributed by atoms with Crippen molar-refractivity contribution < 1.29 is 4.79 Å². The van der Waals surface area contributed by atoms with E-state index in [0.29, 0.717) is 5.91 Å². The number of nitrogens with two attached hydrogens (primary N) is 1. The highest BCUT2D eigenvalue weighted by Gasteiger charge is 2.68. The Kier molecular flexibility index (Phi) is 4.23. The van der Waals surface area contributed by atoms with Crippen molar-refractivity contribution in [1.29, 1.82) is 0 Å². The number of hydrogen-bond donors (Lipinski definition) is 1. The van der Waals surface area contributed by atoms with Crippen molar-refractivity contribution in [3.8, 4) is 0 Å². The second-order valence-electron chi connectivity index (χ2n) is 6.49. The van der Waals surface area contributed by atoms with E-state index in [-0.39, 0.29) is 16.7 Å². The van der Waals surface area contributed by atoms with Crippen molar-refractivity contribution in [2.24, 2.45) is 22.5 Å². The molecule has 1 aliphatic carbocycles. The Morgan fingerprint density at radius 1 is 1.12 bits per heavy atom. The molecule has 100 valence electrons. The molecule has 0 heterocycles. The van der Waals surface area contributed by atoms with Crippen LogP contribution < -0.4 is 5.73 Å². The van der Waals surface area contributed by atoms with Crippen LogP contribution >= 0.6 is 0 Å². The predicted octanol–water partition coefficient (Wildman–Crippen LogP) is 2.26. The molecule has 0 aliphatic heterocycles. The van der Waals surface area contributed by atoms with Crippen LogP contribution in [0.2, 0.25) is 0 Å². The average Bonchev–Trinajstić information content (AvgIpc) is 2.63. The molecular weight excluding hydrogens is 212 g/mol. The summed E-state index contributed by atoms with van der Waals surface area (Å²) in [6.07, 6.45) is 3.24. The molecule has 0 bridgehead atoms. The van der Waals surface area contributed by atoms with Crippen LogP contribution in [0, 0.1) is 16.7 Å². The molecule has 0 spiro atoms. The van der Waals surface area contributed by atoms with Crippen LogP contribution in [0.15, 0.2) is 0 Å². The number of carbonyl (C=O) groups is 1. The van der Waals surface area contributed by atoms with E-state index in [2.05, 4.69) is 27.7 Å². The molecule has 0 aromatic carbocycles. The zero-order chi connectivity index (χ0) is 13.3. The second-order valence-corrected chi connectivity index (χ2v) is 6.49. The summed E-state index contributed by atoms with van der Waals surface area (Å²) in [6.45, 7) is 10.4. The van der Waals surface area contributed by atoms with Gasteiger partial charge in [0.15, 0.2) is 0 Å². The Morgan fingerprint density at radius 3 is 2.06 bits per heavy atom. The van der Waals surface area contributed by atoms with Gasteiger partial charge in [0, 0.05) is 19.5 Å². The van der Waals surface area contributed by atoms with Crippen molar-refractivity contribution in [3.63, 3.8) is 0 Å². The summed E-state index contributed by atoms with van der Waals surface area (Å²) < 4.78 is 0. The van der Waals surface area contributed by atoms with Gasteiger partial charge in [0.2, 0.25) is 5.91 Å². The standard InChI is InChI=1S/C14H28N2O/c1-13(2)11(14(13,3)4)12(17)16(5)10-8-6-7-9-15/h11H,6-10,15H2,1-5H3. The lowest BCUT2D eigenvalue weighted by Gasteiger charge is -2.18. The summed E-state index contributed by atoms with van der Waals surface area (Å²) in [7, 11) is 1.93. The average molecular weight is 240 g/mol. The van der Waals surface area contributed by atoms with Crippen LogP contribution in [0.3, 0.4) is 0 Å². The van der Waals surface area contributed by atoms with E-state index >= 15 is 0 Å².